The lowest BCUT2D eigenvalue weighted by molar-refractivity contribution is 0.242. The van der Waals surface area contributed by atoms with Crippen molar-refractivity contribution in [1.29, 1.82) is 0 Å². The number of para-hydroxylation sites is 2. The average Bonchev–Trinajstić information content (AvgIpc) is 2.63. The van der Waals surface area contributed by atoms with Crippen molar-refractivity contribution in [2.75, 3.05) is 12.4 Å². The maximum absolute atomic E-state index is 12.2. The molecule has 3 rings (SSSR count). The highest BCUT2D eigenvalue weighted by atomic mass is 16.5. The number of urea groups is 1. The van der Waals surface area contributed by atoms with E-state index in [2.05, 4.69) is 41.0 Å². The van der Waals surface area contributed by atoms with Crippen LogP contribution in [0.2, 0.25) is 0 Å². The van der Waals surface area contributed by atoms with Gasteiger partial charge in [0.05, 0.1) is 12.8 Å². The molecule has 2 aromatic carbocycles. The SMILES string of the molecule is COc1ccccc1NC(=O)NC1CCC(c2ccccc2)CC1. The maximum Gasteiger partial charge on any atom is 0.319 e. The molecule has 0 saturated heterocycles. The van der Waals surface area contributed by atoms with Crippen LogP contribution in [0.25, 0.3) is 0 Å². The second-order valence-electron chi connectivity index (χ2n) is 6.26. The number of rotatable bonds is 4. The Bertz CT molecular complexity index is 664. The normalized spacial score (nSPS) is 20.2. The highest BCUT2D eigenvalue weighted by Gasteiger charge is 2.23. The van der Waals surface area contributed by atoms with Crippen molar-refractivity contribution in [3.8, 4) is 5.75 Å². The summed E-state index contributed by atoms with van der Waals surface area (Å²) in [5.74, 6) is 1.28. The van der Waals surface area contributed by atoms with Crippen LogP contribution in [0.15, 0.2) is 54.6 Å². The van der Waals surface area contributed by atoms with Crippen LogP contribution in [0.5, 0.6) is 5.75 Å². The van der Waals surface area contributed by atoms with Crippen LogP contribution in [0.4, 0.5) is 10.5 Å². The first-order valence-corrected chi connectivity index (χ1v) is 8.51. The lowest BCUT2D eigenvalue weighted by atomic mass is 9.82. The number of amides is 2. The van der Waals surface area contributed by atoms with E-state index in [1.165, 1.54) is 5.56 Å². The zero-order valence-electron chi connectivity index (χ0n) is 14.0. The van der Waals surface area contributed by atoms with Gasteiger partial charge in [-0.3, -0.25) is 0 Å². The van der Waals surface area contributed by atoms with Crippen molar-refractivity contribution < 1.29 is 9.53 Å². The van der Waals surface area contributed by atoms with Gasteiger partial charge in [0.1, 0.15) is 5.75 Å². The molecular weight excluding hydrogens is 300 g/mol. The predicted molar refractivity (Wildman–Crippen MR) is 96.6 cm³/mol. The van der Waals surface area contributed by atoms with Gasteiger partial charge in [-0.15, -0.1) is 0 Å². The fraction of sp³-hybridized carbons (Fsp3) is 0.350. The summed E-state index contributed by atoms with van der Waals surface area (Å²) >= 11 is 0. The maximum atomic E-state index is 12.2. The highest BCUT2D eigenvalue weighted by molar-refractivity contribution is 5.91. The van der Waals surface area contributed by atoms with Crippen LogP contribution in [-0.4, -0.2) is 19.2 Å². The predicted octanol–water partition coefficient (Wildman–Crippen LogP) is 4.54. The molecule has 2 N–H and O–H groups in total. The average molecular weight is 324 g/mol. The van der Waals surface area contributed by atoms with Gasteiger partial charge in [0.15, 0.2) is 0 Å². The van der Waals surface area contributed by atoms with Crippen LogP contribution >= 0.6 is 0 Å². The molecule has 126 valence electrons. The van der Waals surface area contributed by atoms with E-state index in [-0.39, 0.29) is 12.1 Å². The minimum absolute atomic E-state index is 0.164. The van der Waals surface area contributed by atoms with Gasteiger partial charge >= 0.3 is 6.03 Å². The number of nitrogens with one attached hydrogen (secondary N) is 2. The van der Waals surface area contributed by atoms with E-state index in [9.17, 15) is 4.79 Å². The Hall–Kier alpha value is -2.49. The third kappa shape index (κ3) is 4.07. The molecule has 0 spiro atoms. The fourth-order valence-electron chi connectivity index (χ4n) is 3.39. The number of hydrogen-bond acceptors (Lipinski definition) is 2. The molecule has 0 bridgehead atoms. The smallest absolute Gasteiger partial charge is 0.319 e. The van der Waals surface area contributed by atoms with Crippen molar-refractivity contribution in [3.05, 3.63) is 60.2 Å². The second kappa shape index (κ2) is 7.86. The zero-order valence-corrected chi connectivity index (χ0v) is 14.0. The Morgan fingerprint density at radius 2 is 1.62 bits per heavy atom. The fourth-order valence-corrected chi connectivity index (χ4v) is 3.39. The van der Waals surface area contributed by atoms with E-state index < -0.39 is 0 Å². The summed E-state index contributed by atoms with van der Waals surface area (Å²) < 4.78 is 5.26. The van der Waals surface area contributed by atoms with Crippen LogP contribution in [0, 0.1) is 0 Å². The third-order valence-electron chi connectivity index (χ3n) is 4.69. The second-order valence-corrected chi connectivity index (χ2v) is 6.26. The van der Waals surface area contributed by atoms with Crippen molar-refractivity contribution in [2.24, 2.45) is 0 Å². The standard InChI is InChI=1S/C20H24N2O2/c1-24-19-10-6-5-9-18(19)22-20(23)21-17-13-11-16(12-14-17)15-7-3-2-4-8-15/h2-10,16-17H,11-14H2,1H3,(H2,21,22,23). The molecular formula is C20H24N2O2. The minimum atomic E-state index is -0.164. The Labute approximate surface area is 143 Å². The van der Waals surface area contributed by atoms with E-state index >= 15 is 0 Å². The summed E-state index contributed by atoms with van der Waals surface area (Å²) in [4.78, 5) is 12.2. The van der Waals surface area contributed by atoms with Gasteiger partial charge in [-0.1, -0.05) is 42.5 Å². The highest BCUT2D eigenvalue weighted by Crippen LogP contribution is 2.32. The number of benzene rings is 2. The van der Waals surface area contributed by atoms with Gasteiger partial charge in [0.2, 0.25) is 0 Å². The molecule has 1 aliphatic carbocycles. The third-order valence-corrected chi connectivity index (χ3v) is 4.69. The van der Waals surface area contributed by atoms with Crippen molar-refractivity contribution in [1.82, 2.24) is 5.32 Å². The first-order valence-electron chi connectivity index (χ1n) is 8.51. The number of ether oxygens (including phenoxy) is 1. The van der Waals surface area contributed by atoms with Gasteiger partial charge in [-0.05, 0) is 49.3 Å². The number of methoxy groups -OCH3 is 1. The summed E-state index contributed by atoms with van der Waals surface area (Å²) in [6, 6.07) is 18.2. The molecule has 4 nitrogen and oxygen atoms in total. The molecule has 0 radical (unpaired) electrons. The van der Waals surface area contributed by atoms with E-state index in [1.807, 2.05) is 24.3 Å². The van der Waals surface area contributed by atoms with Crippen molar-refractivity contribution in [2.45, 2.75) is 37.6 Å². The summed E-state index contributed by atoms with van der Waals surface area (Å²) in [6.07, 6.45) is 4.26. The first-order chi connectivity index (χ1) is 11.8. The van der Waals surface area contributed by atoms with Gasteiger partial charge in [-0.25, -0.2) is 4.79 Å². The molecule has 0 heterocycles. The Morgan fingerprint density at radius 1 is 0.958 bits per heavy atom. The number of carbonyl (C=O) groups excluding carboxylic acids is 1. The van der Waals surface area contributed by atoms with Gasteiger partial charge in [0.25, 0.3) is 0 Å². The Balaban J connectivity index is 1.50. The largest absolute Gasteiger partial charge is 0.495 e. The molecule has 1 saturated carbocycles. The molecule has 2 aromatic rings. The minimum Gasteiger partial charge on any atom is -0.495 e. The molecule has 1 fully saturated rings. The zero-order chi connectivity index (χ0) is 16.8. The molecule has 0 unspecified atom stereocenters. The lowest BCUT2D eigenvalue weighted by Crippen LogP contribution is -2.40. The quantitative estimate of drug-likeness (QED) is 0.867. The summed E-state index contributed by atoms with van der Waals surface area (Å²) in [7, 11) is 1.60. The number of carbonyl (C=O) groups is 1. The summed E-state index contributed by atoms with van der Waals surface area (Å²) in [5.41, 5.74) is 2.10. The summed E-state index contributed by atoms with van der Waals surface area (Å²) in [5, 5.41) is 5.96. The van der Waals surface area contributed by atoms with Crippen molar-refractivity contribution in [3.63, 3.8) is 0 Å². The van der Waals surface area contributed by atoms with Gasteiger partial charge in [-0.2, -0.15) is 0 Å². The van der Waals surface area contributed by atoms with Crippen LogP contribution < -0.4 is 15.4 Å². The van der Waals surface area contributed by atoms with E-state index in [1.54, 1.807) is 7.11 Å². The first kappa shape index (κ1) is 16.4. The van der Waals surface area contributed by atoms with Gasteiger partial charge in [0, 0.05) is 6.04 Å². The molecule has 0 atom stereocenters. The molecule has 0 aromatic heterocycles. The van der Waals surface area contributed by atoms with Crippen LogP contribution in [0.1, 0.15) is 37.2 Å². The Kier molecular flexibility index (Phi) is 5.36. The van der Waals surface area contributed by atoms with Crippen LogP contribution in [0.3, 0.4) is 0 Å². The van der Waals surface area contributed by atoms with Crippen molar-refractivity contribution >= 4 is 11.7 Å². The topological polar surface area (TPSA) is 50.4 Å². The van der Waals surface area contributed by atoms with Gasteiger partial charge < -0.3 is 15.4 Å². The lowest BCUT2D eigenvalue weighted by Gasteiger charge is -2.29. The molecule has 1 aliphatic rings. The van der Waals surface area contributed by atoms with E-state index in [0.29, 0.717) is 17.4 Å². The number of hydrogen-bond donors (Lipinski definition) is 2. The van der Waals surface area contributed by atoms with E-state index in [0.717, 1.165) is 25.7 Å². The van der Waals surface area contributed by atoms with Crippen LogP contribution in [-0.2, 0) is 0 Å². The molecule has 2 amide bonds. The molecule has 24 heavy (non-hydrogen) atoms. The van der Waals surface area contributed by atoms with E-state index in [4.69, 9.17) is 4.74 Å². The molecule has 4 heteroatoms. The Morgan fingerprint density at radius 3 is 2.33 bits per heavy atom. The number of anilines is 1. The summed E-state index contributed by atoms with van der Waals surface area (Å²) in [6.45, 7) is 0. The molecule has 0 aliphatic heterocycles. The monoisotopic (exact) mass is 324 g/mol.